The number of nitrogens with zero attached hydrogens (tertiary/aromatic N) is 2. The number of aromatic carboxylic acids is 1. The molecule has 1 saturated heterocycles. The van der Waals surface area contributed by atoms with Crippen molar-refractivity contribution >= 4 is 5.97 Å². The van der Waals surface area contributed by atoms with Crippen molar-refractivity contribution in [1.29, 1.82) is 0 Å². The number of rotatable bonds is 5. The van der Waals surface area contributed by atoms with Gasteiger partial charge in [-0.25, -0.2) is 9.78 Å². The van der Waals surface area contributed by atoms with Crippen molar-refractivity contribution in [2.75, 3.05) is 19.7 Å². The summed E-state index contributed by atoms with van der Waals surface area (Å²) in [5, 5.41) is 8.93. The molecule has 0 aliphatic carbocycles. The number of carboxylic acid groups (broad SMARTS) is 1. The molecule has 1 aromatic rings. The van der Waals surface area contributed by atoms with Crippen LogP contribution in [-0.2, 0) is 11.3 Å². The van der Waals surface area contributed by atoms with Gasteiger partial charge in [0.15, 0.2) is 0 Å². The second-order valence-electron chi connectivity index (χ2n) is 4.81. The van der Waals surface area contributed by atoms with E-state index in [1.807, 2.05) is 13.0 Å². The van der Waals surface area contributed by atoms with Crippen LogP contribution in [0.4, 0.5) is 0 Å². The lowest BCUT2D eigenvalue weighted by molar-refractivity contribution is 0.00361. The van der Waals surface area contributed by atoms with Crippen LogP contribution in [0.15, 0.2) is 18.3 Å². The maximum Gasteiger partial charge on any atom is 0.354 e. The van der Waals surface area contributed by atoms with E-state index in [1.165, 1.54) is 0 Å². The van der Waals surface area contributed by atoms with Gasteiger partial charge in [0.25, 0.3) is 0 Å². The first-order chi connectivity index (χ1) is 9.19. The van der Waals surface area contributed by atoms with Crippen molar-refractivity contribution in [3.63, 3.8) is 0 Å². The summed E-state index contributed by atoms with van der Waals surface area (Å²) in [5.41, 5.74) is 1.10. The zero-order chi connectivity index (χ0) is 13.7. The van der Waals surface area contributed by atoms with Gasteiger partial charge in [0.05, 0.1) is 6.10 Å². The lowest BCUT2D eigenvalue weighted by atomic mass is 10.1. The highest BCUT2D eigenvalue weighted by Crippen LogP contribution is 2.16. The Kier molecular flexibility index (Phi) is 4.87. The van der Waals surface area contributed by atoms with E-state index in [9.17, 15) is 4.79 Å². The highest BCUT2D eigenvalue weighted by Gasteiger charge is 2.20. The smallest absolute Gasteiger partial charge is 0.354 e. The van der Waals surface area contributed by atoms with E-state index in [2.05, 4.69) is 9.88 Å². The van der Waals surface area contributed by atoms with Gasteiger partial charge in [0.2, 0.25) is 0 Å². The van der Waals surface area contributed by atoms with E-state index < -0.39 is 5.97 Å². The fourth-order valence-corrected chi connectivity index (χ4v) is 2.48. The second kappa shape index (κ2) is 6.63. The van der Waals surface area contributed by atoms with E-state index in [-0.39, 0.29) is 5.69 Å². The molecule has 1 aliphatic rings. The molecule has 0 spiro atoms. The van der Waals surface area contributed by atoms with Crippen LogP contribution in [0.5, 0.6) is 0 Å². The number of hydrogen-bond acceptors (Lipinski definition) is 4. The molecular formula is C14H20N2O3. The van der Waals surface area contributed by atoms with Crippen molar-refractivity contribution in [3.8, 4) is 0 Å². The Morgan fingerprint density at radius 2 is 2.47 bits per heavy atom. The minimum Gasteiger partial charge on any atom is -0.477 e. The van der Waals surface area contributed by atoms with Crippen molar-refractivity contribution in [1.82, 2.24) is 9.88 Å². The molecule has 1 N–H and O–H groups in total. The van der Waals surface area contributed by atoms with Crippen LogP contribution in [0.1, 0.15) is 35.8 Å². The zero-order valence-corrected chi connectivity index (χ0v) is 11.2. The van der Waals surface area contributed by atoms with Gasteiger partial charge in [-0.15, -0.1) is 0 Å². The first kappa shape index (κ1) is 14.0. The molecule has 1 atom stereocenters. The van der Waals surface area contributed by atoms with Gasteiger partial charge in [-0.05, 0) is 44.0 Å². The van der Waals surface area contributed by atoms with E-state index in [0.29, 0.717) is 6.10 Å². The molecule has 2 rings (SSSR count). The molecule has 104 valence electrons. The maximum absolute atomic E-state index is 10.9. The minimum atomic E-state index is -0.979. The van der Waals surface area contributed by atoms with Crippen molar-refractivity contribution < 1.29 is 14.6 Å². The zero-order valence-electron chi connectivity index (χ0n) is 11.2. The first-order valence-corrected chi connectivity index (χ1v) is 6.71. The van der Waals surface area contributed by atoms with E-state index in [4.69, 9.17) is 9.84 Å². The Labute approximate surface area is 113 Å². The highest BCUT2D eigenvalue weighted by molar-refractivity contribution is 5.85. The van der Waals surface area contributed by atoms with Crippen LogP contribution in [0, 0.1) is 0 Å². The summed E-state index contributed by atoms with van der Waals surface area (Å²) in [6.07, 6.45) is 4.10. The molecular weight excluding hydrogens is 244 g/mol. The lowest BCUT2D eigenvalue weighted by Crippen LogP contribution is -2.39. The lowest BCUT2D eigenvalue weighted by Gasteiger charge is -2.32. The molecule has 1 unspecified atom stereocenters. The Bertz CT molecular complexity index is 434. The Morgan fingerprint density at radius 3 is 3.21 bits per heavy atom. The third-order valence-corrected chi connectivity index (χ3v) is 3.31. The quantitative estimate of drug-likeness (QED) is 0.878. The monoisotopic (exact) mass is 264 g/mol. The maximum atomic E-state index is 10.9. The van der Waals surface area contributed by atoms with Gasteiger partial charge in [-0.3, -0.25) is 4.90 Å². The summed E-state index contributed by atoms with van der Waals surface area (Å²) in [4.78, 5) is 17.0. The molecule has 2 heterocycles. The van der Waals surface area contributed by atoms with E-state index in [0.717, 1.165) is 44.6 Å². The molecule has 0 bridgehead atoms. The third-order valence-electron chi connectivity index (χ3n) is 3.31. The normalized spacial score (nSPS) is 20.4. The number of aromatic nitrogens is 1. The average Bonchev–Trinajstić information content (AvgIpc) is 2.40. The fourth-order valence-electron chi connectivity index (χ4n) is 2.48. The molecule has 19 heavy (non-hydrogen) atoms. The van der Waals surface area contributed by atoms with E-state index in [1.54, 1.807) is 12.3 Å². The van der Waals surface area contributed by atoms with Crippen LogP contribution < -0.4 is 0 Å². The molecule has 0 radical (unpaired) electrons. The number of carbonyl (C=O) groups is 1. The summed E-state index contributed by atoms with van der Waals surface area (Å²) < 4.78 is 5.66. The molecule has 1 fully saturated rings. The van der Waals surface area contributed by atoms with E-state index >= 15 is 0 Å². The largest absolute Gasteiger partial charge is 0.477 e. The van der Waals surface area contributed by atoms with Gasteiger partial charge in [0.1, 0.15) is 5.69 Å². The SMILES string of the molecule is CCOC1CCCN(Cc2ccnc(C(=O)O)c2)C1. The third kappa shape index (κ3) is 4.01. The number of pyridine rings is 1. The van der Waals surface area contributed by atoms with Gasteiger partial charge >= 0.3 is 5.97 Å². The fraction of sp³-hybridized carbons (Fsp3) is 0.571. The number of ether oxygens (including phenoxy) is 1. The summed E-state index contributed by atoms with van der Waals surface area (Å²) in [6.45, 7) is 5.47. The highest BCUT2D eigenvalue weighted by atomic mass is 16.5. The molecule has 1 aromatic heterocycles. The Balaban J connectivity index is 1.96. The molecule has 0 amide bonds. The summed E-state index contributed by atoms with van der Waals surface area (Å²) in [6, 6.07) is 3.52. The Hall–Kier alpha value is -1.46. The molecule has 1 aliphatic heterocycles. The van der Waals surface area contributed by atoms with Crippen LogP contribution in [-0.4, -0.2) is 46.8 Å². The molecule has 5 heteroatoms. The number of hydrogen-bond donors (Lipinski definition) is 1. The molecule has 5 nitrogen and oxygen atoms in total. The predicted molar refractivity (Wildman–Crippen MR) is 71.1 cm³/mol. The Morgan fingerprint density at radius 1 is 1.63 bits per heavy atom. The number of carboxylic acids is 1. The van der Waals surface area contributed by atoms with Crippen LogP contribution in [0.25, 0.3) is 0 Å². The van der Waals surface area contributed by atoms with Gasteiger partial charge in [-0.1, -0.05) is 0 Å². The average molecular weight is 264 g/mol. The van der Waals surface area contributed by atoms with Crippen LogP contribution in [0.3, 0.4) is 0 Å². The minimum absolute atomic E-state index is 0.107. The first-order valence-electron chi connectivity index (χ1n) is 6.71. The van der Waals surface area contributed by atoms with Gasteiger partial charge in [-0.2, -0.15) is 0 Å². The van der Waals surface area contributed by atoms with Crippen molar-refractivity contribution in [3.05, 3.63) is 29.6 Å². The molecule has 0 saturated carbocycles. The summed E-state index contributed by atoms with van der Waals surface area (Å²) in [7, 11) is 0. The van der Waals surface area contributed by atoms with Crippen molar-refractivity contribution in [2.24, 2.45) is 0 Å². The van der Waals surface area contributed by atoms with Crippen LogP contribution >= 0.6 is 0 Å². The topological polar surface area (TPSA) is 62.7 Å². The van der Waals surface area contributed by atoms with Gasteiger partial charge in [0, 0.05) is 25.9 Å². The molecule has 0 aromatic carbocycles. The summed E-state index contributed by atoms with van der Waals surface area (Å²) in [5.74, 6) is -0.979. The standard InChI is InChI=1S/C14H20N2O3/c1-2-19-12-4-3-7-16(10-12)9-11-5-6-15-13(8-11)14(17)18/h5-6,8,12H,2-4,7,9-10H2,1H3,(H,17,18). The predicted octanol–water partition coefficient (Wildman–Crippen LogP) is 1.78. The number of piperidine rings is 1. The second-order valence-corrected chi connectivity index (χ2v) is 4.81. The van der Waals surface area contributed by atoms with Gasteiger partial charge < -0.3 is 9.84 Å². The van der Waals surface area contributed by atoms with Crippen molar-refractivity contribution in [2.45, 2.75) is 32.4 Å². The number of likely N-dealkylation sites (tertiary alicyclic amines) is 1. The summed E-state index contributed by atoms with van der Waals surface area (Å²) >= 11 is 0. The van der Waals surface area contributed by atoms with Crippen LogP contribution in [0.2, 0.25) is 0 Å².